The van der Waals surface area contributed by atoms with Gasteiger partial charge >= 0.3 is 0 Å². The molecule has 0 aliphatic carbocycles. The van der Waals surface area contributed by atoms with Crippen molar-refractivity contribution in [1.29, 1.82) is 0 Å². The number of aryl methyl sites for hydroxylation is 2. The van der Waals surface area contributed by atoms with Crippen LogP contribution < -0.4 is 0 Å². The molecule has 5 heteroatoms. The summed E-state index contributed by atoms with van der Waals surface area (Å²) in [6.45, 7) is 7.06. The average Bonchev–Trinajstić information content (AvgIpc) is 3.04. The summed E-state index contributed by atoms with van der Waals surface area (Å²) in [6, 6.07) is 2.45. The number of rotatable bonds is 4. The zero-order valence-corrected chi connectivity index (χ0v) is 13.0. The minimum Gasteiger partial charge on any atom is -0.361 e. The molecule has 0 bridgehead atoms. The van der Waals surface area contributed by atoms with Gasteiger partial charge < -0.3 is 4.52 Å². The predicted octanol–water partition coefficient (Wildman–Crippen LogP) is 3.32. The molecule has 5 nitrogen and oxygen atoms in total. The molecule has 0 aromatic carbocycles. The van der Waals surface area contributed by atoms with Crippen LogP contribution in [-0.2, 0) is 13.1 Å². The highest BCUT2D eigenvalue weighted by Crippen LogP contribution is 2.30. The first-order chi connectivity index (χ1) is 10.3. The van der Waals surface area contributed by atoms with E-state index in [1.807, 2.05) is 17.8 Å². The van der Waals surface area contributed by atoms with E-state index in [9.17, 15) is 0 Å². The molecular formula is C16H24N4O. The number of likely N-dealkylation sites (tertiary alicyclic amines) is 1. The Morgan fingerprint density at radius 3 is 2.95 bits per heavy atom. The van der Waals surface area contributed by atoms with Crippen LogP contribution in [0.1, 0.15) is 55.7 Å². The van der Waals surface area contributed by atoms with Crippen LogP contribution >= 0.6 is 0 Å². The van der Waals surface area contributed by atoms with Gasteiger partial charge in [-0.3, -0.25) is 9.58 Å². The number of hydrogen-bond acceptors (Lipinski definition) is 4. The fourth-order valence-electron chi connectivity index (χ4n) is 3.13. The van der Waals surface area contributed by atoms with E-state index in [0.29, 0.717) is 6.04 Å². The molecule has 1 atom stereocenters. The van der Waals surface area contributed by atoms with E-state index in [1.165, 1.54) is 24.8 Å². The van der Waals surface area contributed by atoms with Gasteiger partial charge in [0, 0.05) is 30.9 Å². The molecular weight excluding hydrogens is 264 g/mol. The van der Waals surface area contributed by atoms with Gasteiger partial charge in [-0.2, -0.15) is 5.10 Å². The molecule has 1 unspecified atom stereocenters. The van der Waals surface area contributed by atoms with E-state index in [0.717, 1.165) is 37.5 Å². The maximum atomic E-state index is 5.29. The van der Waals surface area contributed by atoms with Gasteiger partial charge in [0.1, 0.15) is 11.5 Å². The molecule has 2 aromatic heterocycles. The van der Waals surface area contributed by atoms with E-state index >= 15 is 0 Å². The minimum atomic E-state index is 0.370. The van der Waals surface area contributed by atoms with Gasteiger partial charge in [-0.15, -0.1) is 0 Å². The average molecular weight is 288 g/mol. The highest BCUT2D eigenvalue weighted by molar-refractivity contribution is 5.11. The van der Waals surface area contributed by atoms with E-state index in [2.05, 4.69) is 34.3 Å². The molecule has 21 heavy (non-hydrogen) atoms. The Bertz CT molecular complexity index is 574. The lowest BCUT2D eigenvalue weighted by molar-refractivity contribution is 0.183. The van der Waals surface area contributed by atoms with Gasteiger partial charge in [-0.25, -0.2) is 0 Å². The first-order valence-electron chi connectivity index (χ1n) is 7.95. The van der Waals surface area contributed by atoms with Crippen molar-refractivity contribution in [2.75, 3.05) is 6.54 Å². The summed E-state index contributed by atoms with van der Waals surface area (Å²) in [7, 11) is 0. The van der Waals surface area contributed by atoms with Crippen molar-refractivity contribution >= 4 is 0 Å². The van der Waals surface area contributed by atoms with E-state index in [4.69, 9.17) is 4.52 Å². The molecule has 0 radical (unpaired) electrons. The summed E-state index contributed by atoms with van der Waals surface area (Å²) in [5.74, 6) is 0.896. The molecule has 1 aliphatic rings. The molecule has 114 valence electrons. The van der Waals surface area contributed by atoms with Crippen LogP contribution in [0.4, 0.5) is 0 Å². The largest absolute Gasteiger partial charge is 0.361 e. The van der Waals surface area contributed by atoms with Crippen LogP contribution in [0.2, 0.25) is 0 Å². The lowest BCUT2D eigenvalue weighted by Gasteiger charge is -2.27. The zero-order chi connectivity index (χ0) is 14.7. The molecule has 1 fully saturated rings. The second kappa shape index (κ2) is 6.43. The van der Waals surface area contributed by atoms with Gasteiger partial charge in [0.25, 0.3) is 0 Å². The smallest absolute Gasteiger partial charge is 0.133 e. The first-order valence-corrected chi connectivity index (χ1v) is 7.95. The first kappa shape index (κ1) is 14.3. The Hall–Kier alpha value is -1.62. The third kappa shape index (κ3) is 3.35. The Kier molecular flexibility index (Phi) is 4.39. The molecule has 3 heterocycles. The van der Waals surface area contributed by atoms with Crippen LogP contribution in [0, 0.1) is 6.92 Å². The van der Waals surface area contributed by atoms with Crippen LogP contribution in [0.3, 0.4) is 0 Å². The summed E-state index contributed by atoms with van der Waals surface area (Å²) in [5.41, 5.74) is 2.36. The SMILES string of the molecule is CCn1cc(CN2CCCCCC2c2cc(C)on2)cn1. The maximum Gasteiger partial charge on any atom is 0.133 e. The summed E-state index contributed by atoms with van der Waals surface area (Å²) in [6.07, 6.45) is 9.12. The quantitative estimate of drug-likeness (QED) is 0.866. The van der Waals surface area contributed by atoms with Gasteiger partial charge in [-0.1, -0.05) is 18.0 Å². The van der Waals surface area contributed by atoms with Gasteiger partial charge in [-0.05, 0) is 33.2 Å². The summed E-state index contributed by atoms with van der Waals surface area (Å²) in [5, 5.41) is 8.64. The summed E-state index contributed by atoms with van der Waals surface area (Å²) < 4.78 is 7.27. The zero-order valence-electron chi connectivity index (χ0n) is 13.0. The van der Waals surface area contributed by atoms with Crippen molar-refractivity contribution in [3.05, 3.63) is 35.5 Å². The minimum absolute atomic E-state index is 0.370. The van der Waals surface area contributed by atoms with Gasteiger partial charge in [0.2, 0.25) is 0 Å². The van der Waals surface area contributed by atoms with Crippen molar-refractivity contribution < 1.29 is 4.52 Å². The number of aromatic nitrogens is 3. The fraction of sp³-hybridized carbons (Fsp3) is 0.625. The van der Waals surface area contributed by atoms with Crippen LogP contribution in [0.5, 0.6) is 0 Å². The number of hydrogen-bond donors (Lipinski definition) is 0. The third-order valence-electron chi connectivity index (χ3n) is 4.25. The second-order valence-corrected chi connectivity index (χ2v) is 5.90. The topological polar surface area (TPSA) is 47.1 Å². The van der Waals surface area contributed by atoms with Gasteiger partial charge in [0.15, 0.2) is 0 Å². The lowest BCUT2D eigenvalue weighted by atomic mass is 10.1. The van der Waals surface area contributed by atoms with E-state index in [1.54, 1.807) is 0 Å². The molecule has 0 N–H and O–H groups in total. The highest BCUT2D eigenvalue weighted by Gasteiger charge is 2.25. The molecule has 3 rings (SSSR count). The van der Waals surface area contributed by atoms with E-state index in [-0.39, 0.29) is 0 Å². The van der Waals surface area contributed by atoms with Crippen LogP contribution in [0.25, 0.3) is 0 Å². The number of nitrogens with zero attached hydrogens (tertiary/aromatic N) is 4. The predicted molar refractivity (Wildman–Crippen MR) is 80.8 cm³/mol. The van der Waals surface area contributed by atoms with Crippen LogP contribution in [0.15, 0.2) is 23.0 Å². The molecule has 2 aromatic rings. The molecule has 1 saturated heterocycles. The molecule has 0 spiro atoms. The van der Waals surface area contributed by atoms with Gasteiger partial charge in [0.05, 0.1) is 12.2 Å². The normalized spacial score (nSPS) is 20.6. The second-order valence-electron chi connectivity index (χ2n) is 5.90. The van der Waals surface area contributed by atoms with Crippen molar-refractivity contribution in [3.63, 3.8) is 0 Å². The monoisotopic (exact) mass is 288 g/mol. The molecule has 1 aliphatic heterocycles. The Morgan fingerprint density at radius 2 is 2.24 bits per heavy atom. The van der Waals surface area contributed by atoms with Crippen molar-refractivity contribution in [1.82, 2.24) is 19.8 Å². The Morgan fingerprint density at radius 1 is 1.33 bits per heavy atom. The fourth-order valence-corrected chi connectivity index (χ4v) is 3.13. The Labute approximate surface area is 125 Å². The Balaban J connectivity index is 1.78. The standard InChI is InChI=1S/C16H24N4O/c1-3-20-12-14(10-17-20)11-19-8-6-4-5-7-16(19)15-9-13(2)21-18-15/h9-10,12,16H,3-8,11H2,1-2H3. The van der Waals surface area contributed by atoms with Crippen molar-refractivity contribution in [2.45, 2.75) is 58.7 Å². The highest BCUT2D eigenvalue weighted by atomic mass is 16.5. The molecule has 0 amide bonds. The van der Waals surface area contributed by atoms with Crippen molar-refractivity contribution in [3.8, 4) is 0 Å². The van der Waals surface area contributed by atoms with Crippen molar-refractivity contribution in [2.24, 2.45) is 0 Å². The third-order valence-corrected chi connectivity index (χ3v) is 4.25. The van der Waals surface area contributed by atoms with Crippen LogP contribution in [-0.4, -0.2) is 26.4 Å². The molecule has 0 saturated carbocycles. The summed E-state index contributed by atoms with van der Waals surface area (Å²) >= 11 is 0. The maximum absolute atomic E-state index is 5.29. The summed E-state index contributed by atoms with van der Waals surface area (Å²) in [4.78, 5) is 2.53. The van der Waals surface area contributed by atoms with E-state index < -0.39 is 0 Å². The lowest BCUT2D eigenvalue weighted by Crippen LogP contribution is -2.28.